The summed E-state index contributed by atoms with van der Waals surface area (Å²) in [6.07, 6.45) is 7.98. The Hall–Kier alpha value is -1.17. The van der Waals surface area contributed by atoms with Crippen molar-refractivity contribution in [1.29, 1.82) is 0 Å². The van der Waals surface area contributed by atoms with Crippen molar-refractivity contribution in [2.75, 3.05) is 44.2 Å². The molecule has 22 heavy (non-hydrogen) atoms. The molecule has 2 N–H and O–H groups in total. The highest BCUT2D eigenvalue weighted by Crippen LogP contribution is 2.32. The lowest BCUT2D eigenvalue weighted by Gasteiger charge is -2.40. The summed E-state index contributed by atoms with van der Waals surface area (Å²) in [6, 6.07) is 4.94. The van der Waals surface area contributed by atoms with Gasteiger partial charge in [0.1, 0.15) is 0 Å². The number of pyridine rings is 1. The third kappa shape index (κ3) is 2.98. The molecular formula is C17H27N5. The van der Waals surface area contributed by atoms with Crippen LogP contribution in [0.1, 0.15) is 19.3 Å². The summed E-state index contributed by atoms with van der Waals surface area (Å²) in [6.45, 7) is 7.07. The second kappa shape index (κ2) is 6.52. The minimum Gasteiger partial charge on any atom is -0.369 e. The van der Waals surface area contributed by atoms with Gasteiger partial charge in [0.2, 0.25) is 0 Å². The van der Waals surface area contributed by atoms with Crippen LogP contribution in [0, 0.1) is 11.8 Å². The highest BCUT2D eigenvalue weighted by atomic mass is 15.4. The van der Waals surface area contributed by atoms with Crippen LogP contribution in [0.25, 0.3) is 0 Å². The van der Waals surface area contributed by atoms with Gasteiger partial charge in [0, 0.05) is 63.4 Å². The molecule has 120 valence electrons. The molecule has 3 fully saturated rings. The van der Waals surface area contributed by atoms with Crippen molar-refractivity contribution in [1.82, 2.24) is 20.7 Å². The van der Waals surface area contributed by atoms with Crippen LogP contribution in [0.5, 0.6) is 0 Å². The van der Waals surface area contributed by atoms with E-state index in [1.807, 2.05) is 12.4 Å². The van der Waals surface area contributed by atoms with Crippen LogP contribution in [0.2, 0.25) is 0 Å². The van der Waals surface area contributed by atoms with E-state index in [4.69, 9.17) is 0 Å². The number of hydrogen-bond donors (Lipinski definition) is 2. The lowest BCUT2D eigenvalue weighted by Crippen LogP contribution is -2.51. The van der Waals surface area contributed by atoms with E-state index in [0.29, 0.717) is 6.04 Å². The predicted octanol–water partition coefficient (Wildman–Crippen LogP) is 1.10. The zero-order chi connectivity index (χ0) is 14.8. The quantitative estimate of drug-likeness (QED) is 0.875. The third-order valence-corrected chi connectivity index (χ3v) is 5.69. The summed E-state index contributed by atoms with van der Waals surface area (Å²) < 4.78 is 0. The van der Waals surface area contributed by atoms with Gasteiger partial charge in [-0.25, -0.2) is 0 Å². The van der Waals surface area contributed by atoms with Crippen molar-refractivity contribution in [3.8, 4) is 0 Å². The van der Waals surface area contributed by atoms with Gasteiger partial charge in [-0.15, -0.1) is 0 Å². The molecule has 3 aliphatic rings. The molecule has 5 heteroatoms. The van der Waals surface area contributed by atoms with Crippen LogP contribution in [0.4, 0.5) is 5.69 Å². The summed E-state index contributed by atoms with van der Waals surface area (Å²) in [4.78, 5) is 9.27. The van der Waals surface area contributed by atoms with E-state index >= 15 is 0 Å². The fourth-order valence-corrected chi connectivity index (χ4v) is 4.44. The van der Waals surface area contributed by atoms with Crippen molar-refractivity contribution in [3.05, 3.63) is 24.5 Å². The van der Waals surface area contributed by atoms with E-state index in [0.717, 1.165) is 31.5 Å². The fraction of sp³-hybridized carbons (Fsp3) is 0.706. The van der Waals surface area contributed by atoms with Crippen molar-refractivity contribution in [2.45, 2.75) is 25.3 Å². The molecule has 2 saturated heterocycles. The first-order chi connectivity index (χ1) is 10.9. The van der Waals surface area contributed by atoms with E-state index < -0.39 is 0 Å². The molecule has 1 aromatic rings. The first-order valence-corrected chi connectivity index (χ1v) is 8.76. The van der Waals surface area contributed by atoms with E-state index in [9.17, 15) is 0 Å². The van der Waals surface area contributed by atoms with Gasteiger partial charge in [-0.2, -0.15) is 0 Å². The van der Waals surface area contributed by atoms with Gasteiger partial charge in [-0.05, 0) is 36.8 Å². The van der Waals surface area contributed by atoms with Crippen molar-refractivity contribution in [3.63, 3.8) is 0 Å². The number of piperazine rings is 1. The van der Waals surface area contributed by atoms with Gasteiger partial charge in [0.25, 0.3) is 0 Å². The lowest BCUT2D eigenvalue weighted by atomic mass is 9.78. The zero-order valence-electron chi connectivity index (χ0n) is 13.2. The Bertz CT molecular complexity index is 471. The van der Waals surface area contributed by atoms with Gasteiger partial charge in [0.15, 0.2) is 0 Å². The Labute approximate surface area is 133 Å². The summed E-state index contributed by atoms with van der Waals surface area (Å²) in [5.74, 6) is 1.68. The Balaban J connectivity index is 1.30. The van der Waals surface area contributed by atoms with E-state index in [-0.39, 0.29) is 0 Å². The lowest BCUT2D eigenvalue weighted by molar-refractivity contribution is 0.149. The molecule has 1 aliphatic carbocycles. The summed E-state index contributed by atoms with van der Waals surface area (Å²) >= 11 is 0. The SMILES string of the molecule is c1cc(N2CCN(CC3CCCC4CNNC43)CC2)ccn1. The van der Waals surface area contributed by atoms with E-state index in [1.54, 1.807) is 0 Å². The summed E-state index contributed by atoms with van der Waals surface area (Å²) in [7, 11) is 0. The van der Waals surface area contributed by atoms with Gasteiger partial charge >= 0.3 is 0 Å². The average Bonchev–Trinajstić information content (AvgIpc) is 3.06. The highest BCUT2D eigenvalue weighted by Gasteiger charge is 2.37. The molecule has 4 rings (SSSR count). The molecule has 0 bridgehead atoms. The molecule has 2 aliphatic heterocycles. The second-order valence-electron chi connectivity index (χ2n) is 7.00. The zero-order valence-corrected chi connectivity index (χ0v) is 13.2. The second-order valence-corrected chi connectivity index (χ2v) is 7.00. The van der Waals surface area contributed by atoms with Crippen LogP contribution in [-0.4, -0.2) is 55.2 Å². The predicted molar refractivity (Wildman–Crippen MR) is 88.6 cm³/mol. The first kappa shape index (κ1) is 14.4. The molecule has 3 unspecified atom stereocenters. The topological polar surface area (TPSA) is 43.4 Å². The molecule has 0 spiro atoms. The van der Waals surface area contributed by atoms with Crippen LogP contribution < -0.4 is 15.8 Å². The van der Waals surface area contributed by atoms with Crippen molar-refractivity contribution in [2.24, 2.45) is 11.8 Å². The van der Waals surface area contributed by atoms with E-state index in [1.165, 1.54) is 44.6 Å². The van der Waals surface area contributed by atoms with Gasteiger partial charge < -0.3 is 4.90 Å². The molecule has 3 atom stereocenters. The number of anilines is 1. The molecule has 0 aromatic carbocycles. The number of hydrogen-bond acceptors (Lipinski definition) is 5. The standard InChI is InChI=1S/C17H27N5/c1-2-14-12-19-20-17(14)15(3-1)13-21-8-10-22(11-9-21)16-4-6-18-7-5-16/h4-7,14-15,17,19-20H,1-3,8-13H2. The van der Waals surface area contributed by atoms with E-state index in [2.05, 4.69) is 37.8 Å². The number of fused-ring (bicyclic) bond motifs is 1. The van der Waals surface area contributed by atoms with Crippen LogP contribution in [-0.2, 0) is 0 Å². The average molecular weight is 301 g/mol. The number of nitrogens with zero attached hydrogens (tertiary/aromatic N) is 3. The molecule has 0 radical (unpaired) electrons. The van der Waals surface area contributed by atoms with Crippen molar-refractivity contribution >= 4 is 5.69 Å². The third-order valence-electron chi connectivity index (χ3n) is 5.69. The van der Waals surface area contributed by atoms with Crippen LogP contribution in [0.15, 0.2) is 24.5 Å². The number of rotatable bonds is 3. The molecule has 1 aromatic heterocycles. The summed E-state index contributed by atoms with van der Waals surface area (Å²) in [5.41, 5.74) is 8.23. The molecule has 0 amide bonds. The van der Waals surface area contributed by atoms with Gasteiger partial charge in [-0.3, -0.25) is 20.7 Å². The number of aromatic nitrogens is 1. The van der Waals surface area contributed by atoms with Crippen LogP contribution >= 0.6 is 0 Å². The van der Waals surface area contributed by atoms with Crippen LogP contribution in [0.3, 0.4) is 0 Å². The largest absolute Gasteiger partial charge is 0.369 e. The Morgan fingerprint density at radius 2 is 1.91 bits per heavy atom. The maximum atomic E-state index is 4.11. The Morgan fingerprint density at radius 3 is 2.73 bits per heavy atom. The Kier molecular flexibility index (Phi) is 4.28. The molecule has 1 saturated carbocycles. The Morgan fingerprint density at radius 1 is 1.09 bits per heavy atom. The summed E-state index contributed by atoms with van der Waals surface area (Å²) in [5, 5.41) is 0. The molecule has 3 heterocycles. The maximum Gasteiger partial charge on any atom is 0.0397 e. The molecule has 5 nitrogen and oxygen atoms in total. The number of hydrazine groups is 1. The normalized spacial score (nSPS) is 32.9. The fourth-order valence-electron chi connectivity index (χ4n) is 4.44. The highest BCUT2D eigenvalue weighted by molar-refractivity contribution is 5.44. The monoisotopic (exact) mass is 301 g/mol. The number of nitrogens with one attached hydrogen (secondary N) is 2. The minimum atomic E-state index is 0.701. The van der Waals surface area contributed by atoms with Gasteiger partial charge in [0.05, 0.1) is 0 Å². The van der Waals surface area contributed by atoms with Crippen molar-refractivity contribution < 1.29 is 0 Å². The minimum absolute atomic E-state index is 0.701. The smallest absolute Gasteiger partial charge is 0.0397 e. The maximum absolute atomic E-state index is 4.11. The molecular weight excluding hydrogens is 274 g/mol. The first-order valence-electron chi connectivity index (χ1n) is 8.76. The van der Waals surface area contributed by atoms with Gasteiger partial charge in [-0.1, -0.05) is 6.42 Å².